The summed E-state index contributed by atoms with van der Waals surface area (Å²) >= 11 is 0. The van der Waals surface area contributed by atoms with Gasteiger partial charge in [-0.15, -0.1) is 0 Å². The third-order valence-corrected chi connectivity index (χ3v) is 5.21. The zero-order valence-electron chi connectivity index (χ0n) is 16.9. The third kappa shape index (κ3) is 4.74. The number of para-hydroxylation sites is 1. The van der Waals surface area contributed by atoms with E-state index >= 15 is 0 Å². The Bertz CT molecular complexity index is 1160. The molecule has 1 heterocycles. The minimum atomic E-state index is -4.44. The molecule has 32 heavy (non-hydrogen) atoms. The predicted octanol–water partition coefficient (Wildman–Crippen LogP) is 5.23. The predicted molar refractivity (Wildman–Crippen MR) is 116 cm³/mol. The summed E-state index contributed by atoms with van der Waals surface area (Å²) in [6, 6.07) is 18.5. The molecule has 3 amide bonds. The average Bonchev–Trinajstić information content (AvgIpc) is 3.21. The van der Waals surface area contributed by atoms with Crippen LogP contribution in [0.2, 0.25) is 0 Å². The van der Waals surface area contributed by atoms with Crippen molar-refractivity contribution in [2.24, 2.45) is 0 Å². The third-order valence-electron chi connectivity index (χ3n) is 5.21. The number of anilines is 2. The Hall–Kier alpha value is -3.81. The van der Waals surface area contributed by atoms with Crippen molar-refractivity contribution in [1.82, 2.24) is 5.32 Å². The molecule has 0 unspecified atom stereocenters. The van der Waals surface area contributed by atoms with E-state index < -0.39 is 17.8 Å². The van der Waals surface area contributed by atoms with Crippen LogP contribution in [0.15, 0.2) is 72.8 Å². The summed E-state index contributed by atoms with van der Waals surface area (Å²) in [6.45, 7) is 0.520. The summed E-state index contributed by atoms with van der Waals surface area (Å²) in [7, 11) is 0. The summed E-state index contributed by atoms with van der Waals surface area (Å²) in [5.41, 5.74) is 2.39. The number of urea groups is 1. The topological polar surface area (TPSA) is 61.4 Å². The molecule has 1 aliphatic heterocycles. The van der Waals surface area contributed by atoms with Gasteiger partial charge in [-0.3, -0.25) is 4.79 Å². The SMILES string of the molecule is O=C(NCc1cccc(C(F)(F)F)c1)Nc1cccc(C(=O)N2CCc3ccccc32)c1. The molecular weight excluding hydrogens is 419 g/mol. The van der Waals surface area contributed by atoms with Gasteiger partial charge in [0, 0.05) is 30.0 Å². The molecule has 0 bridgehead atoms. The van der Waals surface area contributed by atoms with Crippen LogP contribution >= 0.6 is 0 Å². The first-order valence-electron chi connectivity index (χ1n) is 10.0. The zero-order chi connectivity index (χ0) is 22.7. The van der Waals surface area contributed by atoms with Crippen molar-refractivity contribution in [3.8, 4) is 0 Å². The minimum Gasteiger partial charge on any atom is -0.334 e. The van der Waals surface area contributed by atoms with Gasteiger partial charge in [0.2, 0.25) is 0 Å². The van der Waals surface area contributed by atoms with Gasteiger partial charge in [-0.25, -0.2) is 4.79 Å². The normalized spacial score (nSPS) is 12.9. The van der Waals surface area contributed by atoms with Crippen molar-refractivity contribution in [3.05, 3.63) is 95.1 Å². The van der Waals surface area contributed by atoms with Gasteiger partial charge in [0.25, 0.3) is 5.91 Å². The molecule has 0 aromatic heterocycles. The van der Waals surface area contributed by atoms with E-state index in [-0.39, 0.29) is 12.5 Å². The van der Waals surface area contributed by atoms with Crippen LogP contribution in [0.3, 0.4) is 0 Å². The fraction of sp³-hybridized carbons (Fsp3) is 0.167. The number of halogens is 3. The molecule has 0 saturated heterocycles. The number of amides is 3. The van der Waals surface area contributed by atoms with Gasteiger partial charge in [-0.05, 0) is 53.9 Å². The van der Waals surface area contributed by atoms with Crippen LogP contribution in [0.5, 0.6) is 0 Å². The molecule has 3 aromatic carbocycles. The van der Waals surface area contributed by atoms with Crippen molar-refractivity contribution < 1.29 is 22.8 Å². The van der Waals surface area contributed by atoms with E-state index in [1.54, 1.807) is 29.2 Å². The van der Waals surface area contributed by atoms with Crippen LogP contribution in [0.4, 0.5) is 29.3 Å². The Morgan fingerprint density at radius 2 is 1.72 bits per heavy atom. The summed E-state index contributed by atoms with van der Waals surface area (Å²) in [5, 5.41) is 5.15. The van der Waals surface area contributed by atoms with Crippen molar-refractivity contribution in [2.45, 2.75) is 19.1 Å². The second-order valence-corrected chi connectivity index (χ2v) is 7.42. The molecule has 4 rings (SSSR count). The quantitative estimate of drug-likeness (QED) is 0.585. The highest BCUT2D eigenvalue weighted by Gasteiger charge is 2.30. The van der Waals surface area contributed by atoms with E-state index in [4.69, 9.17) is 0 Å². The maximum absolute atomic E-state index is 13.0. The van der Waals surface area contributed by atoms with E-state index in [0.717, 1.165) is 29.8 Å². The number of rotatable bonds is 4. The fourth-order valence-corrected chi connectivity index (χ4v) is 3.65. The standard InChI is InChI=1S/C24H20F3N3O2/c25-24(26,27)19-8-3-5-16(13-19)15-28-23(32)29-20-9-4-7-18(14-20)22(31)30-12-11-17-6-1-2-10-21(17)30/h1-10,13-14H,11-12,15H2,(H2,28,29,32). The number of carbonyl (C=O) groups excluding carboxylic acids is 2. The molecule has 0 fully saturated rings. The Balaban J connectivity index is 1.39. The lowest BCUT2D eigenvalue weighted by Gasteiger charge is -2.18. The van der Waals surface area contributed by atoms with E-state index in [2.05, 4.69) is 10.6 Å². The molecule has 0 atom stereocenters. The maximum Gasteiger partial charge on any atom is 0.416 e. The fourth-order valence-electron chi connectivity index (χ4n) is 3.65. The smallest absolute Gasteiger partial charge is 0.334 e. The van der Waals surface area contributed by atoms with Crippen LogP contribution in [0, 0.1) is 0 Å². The molecule has 8 heteroatoms. The first-order valence-corrected chi connectivity index (χ1v) is 10.0. The molecule has 0 saturated carbocycles. The van der Waals surface area contributed by atoms with Crippen molar-refractivity contribution in [3.63, 3.8) is 0 Å². The van der Waals surface area contributed by atoms with Gasteiger partial charge in [-0.1, -0.05) is 36.4 Å². The van der Waals surface area contributed by atoms with Crippen LogP contribution in [0.1, 0.15) is 27.0 Å². The van der Waals surface area contributed by atoms with Crippen LogP contribution in [-0.4, -0.2) is 18.5 Å². The van der Waals surface area contributed by atoms with Gasteiger partial charge in [0.1, 0.15) is 0 Å². The lowest BCUT2D eigenvalue weighted by molar-refractivity contribution is -0.137. The first-order chi connectivity index (χ1) is 15.3. The van der Waals surface area contributed by atoms with Gasteiger partial charge in [0.15, 0.2) is 0 Å². The first kappa shape index (κ1) is 21.4. The van der Waals surface area contributed by atoms with E-state index in [0.29, 0.717) is 23.4 Å². The number of carbonyl (C=O) groups is 2. The van der Waals surface area contributed by atoms with Crippen molar-refractivity contribution in [2.75, 3.05) is 16.8 Å². The number of hydrogen-bond donors (Lipinski definition) is 2. The Morgan fingerprint density at radius 3 is 2.53 bits per heavy atom. The summed E-state index contributed by atoms with van der Waals surface area (Å²) in [4.78, 5) is 26.9. The second-order valence-electron chi connectivity index (χ2n) is 7.42. The van der Waals surface area contributed by atoms with E-state index in [1.165, 1.54) is 12.1 Å². The van der Waals surface area contributed by atoms with Gasteiger partial charge in [-0.2, -0.15) is 13.2 Å². The Kier molecular flexibility index (Phi) is 5.85. The Morgan fingerprint density at radius 1 is 0.938 bits per heavy atom. The lowest BCUT2D eigenvalue weighted by Crippen LogP contribution is -2.30. The van der Waals surface area contributed by atoms with Gasteiger partial charge in [0.05, 0.1) is 5.56 Å². The molecule has 0 spiro atoms. The highest BCUT2D eigenvalue weighted by molar-refractivity contribution is 6.08. The average molecular weight is 439 g/mol. The summed E-state index contributed by atoms with van der Waals surface area (Å²) in [5.74, 6) is -0.164. The number of nitrogens with zero attached hydrogens (tertiary/aromatic N) is 1. The van der Waals surface area contributed by atoms with E-state index in [9.17, 15) is 22.8 Å². The van der Waals surface area contributed by atoms with Crippen molar-refractivity contribution in [1.29, 1.82) is 0 Å². The largest absolute Gasteiger partial charge is 0.416 e. The minimum absolute atomic E-state index is 0.0705. The monoisotopic (exact) mass is 439 g/mol. The Labute approximate surface area is 182 Å². The lowest BCUT2D eigenvalue weighted by atomic mass is 10.1. The number of fused-ring (bicyclic) bond motifs is 1. The van der Waals surface area contributed by atoms with E-state index in [1.807, 2.05) is 24.3 Å². The number of alkyl halides is 3. The zero-order valence-corrected chi connectivity index (χ0v) is 16.9. The van der Waals surface area contributed by atoms with Crippen LogP contribution in [-0.2, 0) is 19.1 Å². The summed E-state index contributed by atoms with van der Waals surface area (Å²) < 4.78 is 38.5. The molecule has 2 N–H and O–H groups in total. The second kappa shape index (κ2) is 8.74. The summed E-state index contributed by atoms with van der Waals surface area (Å²) in [6.07, 6.45) is -3.65. The molecular formula is C24H20F3N3O2. The van der Waals surface area contributed by atoms with Crippen LogP contribution < -0.4 is 15.5 Å². The van der Waals surface area contributed by atoms with Crippen LogP contribution in [0.25, 0.3) is 0 Å². The molecule has 0 aliphatic carbocycles. The maximum atomic E-state index is 13.0. The number of benzene rings is 3. The molecule has 164 valence electrons. The van der Waals surface area contributed by atoms with Crippen molar-refractivity contribution >= 4 is 23.3 Å². The molecule has 5 nitrogen and oxygen atoms in total. The highest BCUT2D eigenvalue weighted by Crippen LogP contribution is 2.30. The van der Waals surface area contributed by atoms with Gasteiger partial charge >= 0.3 is 12.2 Å². The molecule has 1 aliphatic rings. The number of hydrogen-bond acceptors (Lipinski definition) is 2. The highest BCUT2D eigenvalue weighted by atomic mass is 19.4. The molecule has 0 radical (unpaired) electrons. The van der Waals surface area contributed by atoms with Gasteiger partial charge < -0.3 is 15.5 Å². The molecule has 3 aromatic rings. The number of nitrogens with one attached hydrogen (secondary N) is 2.